The van der Waals surface area contributed by atoms with Crippen molar-refractivity contribution in [3.05, 3.63) is 88.4 Å². The number of likely N-dealkylation sites (N-methyl/N-ethyl adjacent to an activating group) is 1. The van der Waals surface area contributed by atoms with Crippen LogP contribution >= 0.6 is 23.2 Å². The average molecular weight is 579 g/mol. The quantitative estimate of drug-likeness (QED) is 0.354. The van der Waals surface area contributed by atoms with Crippen molar-refractivity contribution in [3.63, 3.8) is 0 Å². The number of halogens is 2. The van der Waals surface area contributed by atoms with Crippen LogP contribution in [-0.4, -0.2) is 51.4 Å². The Morgan fingerprint density at radius 3 is 2.16 bits per heavy atom. The van der Waals surface area contributed by atoms with Gasteiger partial charge in [-0.05, 0) is 50.2 Å². The number of carbonyl (C=O) groups is 2. The maximum atomic E-state index is 13.9. The second-order valence-corrected chi connectivity index (χ2v) is 10.9. The van der Waals surface area contributed by atoms with Gasteiger partial charge < -0.3 is 15.0 Å². The third-order valence-corrected chi connectivity index (χ3v) is 8.33. The summed E-state index contributed by atoms with van der Waals surface area (Å²) in [6, 6.07) is 18.3. The van der Waals surface area contributed by atoms with E-state index in [9.17, 15) is 18.0 Å². The van der Waals surface area contributed by atoms with E-state index in [2.05, 4.69) is 5.32 Å². The highest BCUT2D eigenvalue weighted by atomic mass is 35.5. The zero-order valence-corrected chi connectivity index (χ0v) is 23.6. The van der Waals surface area contributed by atoms with Gasteiger partial charge in [0, 0.05) is 29.2 Å². The number of nitrogens with zero attached hydrogens (tertiary/aromatic N) is 2. The fourth-order valence-corrected chi connectivity index (χ4v) is 5.78. The Bertz CT molecular complexity index is 1370. The minimum Gasteiger partial charge on any atom is -0.492 e. The fourth-order valence-electron chi connectivity index (χ4n) is 3.82. The third kappa shape index (κ3) is 6.59. The summed E-state index contributed by atoms with van der Waals surface area (Å²) in [6.45, 7) is 2.89. The molecule has 0 saturated heterocycles. The van der Waals surface area contributed by atoms with Gasteiger partial charge in [-0.25, -0.2) is 8.42 Å². The van der Waals surface area contributed by atoms with Crippen LogP contribution in [0.2, 0.25) is 10.0 Å². The largest absolute Gasteiger partial charge is 0.492 e. The molecule has 3 aromatic rings. The highest BCUT2D eigenvalue weighted by Gasteiger charge is 2.34. The summed E-state index contributed by atoms with van der Waals surface area (Å²) in [5.41, 5.74) is 0.627. The minimum absolute atomic E-state index is 0.000787. The van der Waals surface area contributed by atoms with Crippen LogP contribution in [0.25, 0.3) is 0 Å². The van der Waals surface area contributed by atoms with Crippen molar-refractivity contribution in [2.75, 3.05) is 24.5 Å². The van der Waals surface area contributed by atoms with Crippen LogP contribution in [0.3, 0.4) is 0 Å². The molecule has 3 aromatic carbocycles. The lowest BCUT2D eigenvalue weighted by molar-refractivity contribution is -0.139. The second kappa shape index (κ2) is 13.0. The summed E-state index contributed by atoms with van der Waals surface area (Å²) in [6.07, 6.45) is 0. The van der Waals surface area contributed by atoms with Crippen molar-refractivity contribution in [3.8, 4) is 5.75 Å². The molecule has 0 radical (unpaired) electrons. The Morgan fingerprint density at radius 1 is 0.947 bits per heavy atom. The van der Waals surface area contributed by atoms with E-state index in [1.54, 1.807) is 74.5 Å². The van der Waals surface area contributed by atoms with Crippen molar-refractivity contribution in [1.29, 1.82) is 0 Å². The number of nitrogens with one attached hydrogen (secondary N) is 1. The highest BCUT2D eigenvalue weighted by molar-refractivity contribution is 7.92. The number of para-hydroxylation sites is 2. The summed E-state index contributed by atoms with van der Waals surface area (Å²) in [5, 5.41) is 3.16. The van der Waals surface area contributed by atoms with E-state index < -0.39 is 34.4 Å². The van der Waals surface area contributed by atoms with Gasteiger partial charge in [0.05, 0.1) is 17.2 Å². The van der Waals surface area contributed by atoms with Crippen molar-refractivity contribution in [2.45, 2.75) is 31.3 Å². The van der Waals surface area contributed by atoms with Crippen molar-refractivity contribution < 1.29 is 22.7 Å². The molecule has 1 N–H and O–H groups in total. The van der Waals surface area contributed by atoms with Gasteiger partial charge >= 0.3 is 0 Å². The van der Waals surface area contributed by atoms with Gasteiger partial charge in [0.25, 0.3) is 10.0 Å². The zero-order valence-electron chi connectivity index (χ0n) is 21.2. The van der Waals surface area contributed by atoms with Crippen LogP contribution in [0.5, 0.6) is 5.75 Å². The Labute approximate surface area is 233 Å². The molecule has 0 bridgehead atoms. The molecule has 0 fully saturated rings. The number of sulfonamides is 1. The maximum Gasteiger partial charge on any atom is 0.264 e. The topological polar surface area (TPSA) is 96.0 Å². The van der Waals surface area contributed by atoms with E-state index in [0.29, 0.717) is 21.4 Å². The predicted molar refractivity (Wildman–Crippen MR) is 149 cm³/mol. The Balaban J connectivity index is 2.11. The first-order valence-corrected chi connectivity index (χ1v) is 14.0. The minimum atomic E-state index is -4.21. The lowest BCUT2D eigenvalue weighted by Gasteiger charge is -2.32. The van der Waals surface area contributed by atoms with E-state index in [-0.39, 0.29) is 23.7 Å². The van der Waals surface area contributed by atoms with E-state index >= 15 is 0 Å². The first kappa shape index (κ1) is 29.3. The van der Waals surface area contributed by atoms with E-state index in [4.69, 9.17) is 27.9 Å². The molecular weight excluding hydrogens is 549 g/mol. The SMILES string of the molecule is CCOc1ccccc1N(CC(=O)N(Cc1c(Cl)cccc1Cl)[C@H](C)C(=O)NC)S(=O)(=O)c1ccccc1. The number of ether oxygens (including phenoxy) is 1. The Hall–Kier alpha value is -3.27. The van der Waals surface area contributed by atoms with Gasteiger partial charge in [0.1, 0.15) is 18.3 Å². The number of anilines is 1. The maximum absolute atomic E-state index is 13.9. The molecule has 0 aliphatic carbocycles. The van der Waals surface area contributed by atoms with Crippen LogP contribution in [0, 0.1) is 0 Å². The van der Waals surface area contributed by atoms with Gasteiger partial charge in [-0.1, -0.05) is 59.6 Å². The molecule has 0 aliphatic heterocycles. The molecule has 0 heterocycles. The fraction of sp³-hybridized carbons (Fsp3) is 0.259. The van der Waals surface area contributed by atoms with Crippen molar-refractivity contribution >= 4 is 50.7 Å². The number of benzene rings is 3. The first-order valence-electron chi connectivity index (χ1n) is 11.8. The zero-order chi connectivity index (χ0) is 27.9. The molecule has 38 heavy (non-hydrogen) atoms. The van der Waals surface area contributed by atoms with E-state index in [0.717, 1.165) is 4.31 Å². The number of amides is 2. The van der Waals surface area contributed by atoms with Crippen LogP contribution in [0.4, 0.5) is 5.69 Å². The molecule has 0 unspecified atom stereocenters. The monoisotopic (exact) mass is 577 g/mol. The van der Waals surface area contributed by atoms with Crippen molar-refractivity contribution in [2.24, 2.45) is 0 Å². The van der Waals surface area contributed by atoms with Crippen LogP contribution in [0.15, 0.2) is 77.7 Å². The van der Waals surface area contributed by atoms with E-state index in [1.165, 1.54) is 24.1 Å². The molecule has 3 rings (SSSR count). The molecule has 8 nitrogen and oxygen atoms in total. The smallest absolute Gasteiger partial charge is 0.264 e. The molecule has 0 saturated carbocycles. The molecule has 202 valence electrons. The lowest BCUT2D eigenvalue weighted by atomic mass is 10.1. The van der Waals surface area contributed by atoms with Gasteiger partial charge in [0.2, 0.25) is 11.8 Å². The number of carbonyl (C=O) groups excluding carboxylic acids is 2. The summed E-state index contributed by atoms with van der Waals surface area (Å²) < 4.78 is 34.4. The number of rotatable bonds is 11. The summed E-state index contributed by atoms with van der Waals surface area (Å²) in [4.78, 5) is 27.7. The molecular formula is C27H29Cl2N3O5S. The molecule has 2 amide bonds. The van der Waals surface area contributed by atoms with Crippen LogP contribution in [-0.2, 0) is 26.2 Å². The molecule has 11 heteroatoms. The summed E-state index contributed by atoms with van der Waals surface area (Å²) in [5.74, 6) is -0.779. The molecule has 0 aliphatic rings. The number of hydrogen-bond donors (Lipinski definition) is 1. The van der Waals surface area contributed by atoms with Gasteiger partial charge in [-0.2, -0.15) is 0 Å². The van der Waals surface area contributed by atoms with Crippen LogP contribution < -0.4 is 14.4 Å². The van der Waals surface area contributed by atoms with Crippen molar-refractivity contribution in [1.82, 2.24) is 10.2 Å². The Morgan fingerprint density at radius 2 is 1.55 bits per heavy atom. The normalized spacial score (nSPS) is 11.9. The molecule has 1 atom stereocenters. The summed E-state index contributed by atoms with van der Waals surface area (Å²) >= 11 is 12.7. The van der Waals surface area contributed by atoms with Gasteiger partial charge in [0.15, 0.2) is 0 Å². The average Bonchev–Trinajstić information content (AvgIpc) is 2.91. The second-order valence-electron chi connectivity index (χ2n) is 8.24. The Kier molecular flexibility index (Phi) is 10.0. The highest BCUT2D eigenvalue weighted by Crippen LogP contribution is 2.33. The molecule has 0 spiro atoms. The molecule has 0 aromatic heterocycles. The standard InChI is InChI=1S/C27H29Cl2N3O5S/c1-4-37-25-16-9-8-15-24(25)32(38(35,36)20-11-6-5-7-12-20)18-26(33)31(19(2)27(34)30-3)17-21-22(28)13-10-14-23(21)29/h5-16,19H,4,17-18H2,1-3H3,(H,30,34)/t19-/m1/s1. The lowest BCUT2D eigenvalue weighted by Crippen LogP contribution is -2.50. The third-order valence-electron chi connectivity index (χ3n) is 5.85. The predicted octanol–water partition coefficient (Wildman–Crippen LogP) is 4.75. The first-order chi connectivity index (χ1) is 18.1. The van der Waals surface area contributed by atoms with Crippen LogP contribution in [0.1, 0.15) is 19.4 Å². The van der Waals surface area contributed by atoms with Gasteiger partial charge in [-0.15, -0.1) is 0 Å². The van der Waals surface area contributed by atoms with E-state index in [1.807, 2.05) is 0 Å². The number of hydrogen-bond acceptors (Lipinski definition) is 5. The summed E-state index contributed by atoms with van der Waals surface area (Å²) in [7, 11) is -2.76. The van der Waals surface area contributed by atoms with Gasteiger partial charge in [-0.3, -0.25) is 13.9 Å².